The van der Waals surface area contributed by atoms with E-state index in [4.69, 9.17) is 5.11 Å². The first-order valence-corrected chi connectivity index (χ1v) is 8.61. The fourth-order valence-corrected chi connectivity index (χ4v) is 3.80. The average Bonchev–Trinajstić information content (AvgIpc) is 2.95. The van der Waals surface area contributed by atoms with Gasteiger partial charge in [0.2, 0.25) is 5.91 Å². The SMILES string of the molecule is O=C(O)c1cccc(N2C(=O)CC(N3CCCc4ccccc43)C2=O)c1. The van der Waals surface area contributed by atoms with E-state index in [1.165, 1.54) is 17.7 Å². The van der Waals surface area contributed by atoms with Crippen molar-refractivity contribution >= 4 is 29.2 Å². The van der Waals surface area contributed by atoms with Crippen molar-refractivity contribution in [3.05, 3.63) is 59.7 Å². The first kappa shape index (κ1) is 16.3. The predicted molar refractivity (Wildman–Crippen MR) is 96.4 cm³/mol. The van der Waals surface area contributed by atoms with E-state index in [9.17, 15) is 14.4 Å². The molecule has 6 nitrogen and oxygen atoms in total. The lowest BCUT2D eigenvalue weighted by atomic mass is 9.99. The van der Waals surface area contributed by atoms with Crippen LogP contribution in [0.1, 0.15) is 28.8 Å². The van der Waals surface area contributed by atoms with Crippen LogP contribution in [0, 0.1) is 0 Å². The average molecular weight is 350 g/mol. The number of fused-ring (bicyclic) bond motifs is 1. The Morgan fingerprint density at radius 2 is 1.88 bits per heavy atom. The minimum atomic E-state index is -1.09. The monoisotopic (exact) mass is 350 g/mol. The molecule has 0 aromatic heterocycles. The molecule has 2 aliphatic rings. The predicted octanol–water partition coefficient (Wildman–Crippen LogP) is 2.47. The van der Waals surface area contributed by atoms with Gasteiger partial charge in [0.25, 0.3) is 5.91 Å². The molecule has 0 radical (unpaired) electrons. The Labute approximate surface area is 150 Å². The summed E-state index contributed by atoms with van der Waals surface area (Å²) in [5, 5.41) is 9.15. The number of hydrogen-bond acceptors (Lipinski definition) is 4. The Morgan fingerprint density at radius 1 is 1.08 bits per heavy atom. The molecule has 132 valence electrons. The van der Waals surface area contributed by atoms with Gasteiger partial charge in [-0.05, 0) is 42.7 Å². The smallest absolute Gasteiger partial charge is 0.335 e. The van der Waals surface area contributed by atoms with Gasteiger partial charge in [0, 0.05) is 12.2 Å². The number of nitrogens with zero attached hydrogens (tertiary/aromatic N) is 2. The van der Waals surface area contributed by atoms with Crippen LogP contribution >= 0.6 is 0 Å². The van der Waals surface area contributed by atoms with Crippen LogP contribution in [0.3, 0.4) is 0 Å². The number of rotatable bonds is 3. The van der Waals surface area contributed by atoms with Crippen molar-refractivity contribution < 1.29 is 19.5 Å². The summed E-state index contributed by atoms with van der Waals surface area (Å²) in [4.78, 5) is 39.9. The molecule has 2 heterocycles. The molecule has 1 fully saturated rings. The number of aromatic carboxylic acids is 1. The molecular formula is C20H18N2O4. The fraction of sp³-hybridized carbons (Fsp3) is 0.250. The van der Waals surface area contributed by atoms with E-state index in [0.717, 1.165) is 30.0 Å². The number of carboxylic acid groups (broad SMARTS) is 1. The molecular weight excluding hydrogens is 332 g/mol. The van der Waals surface area contributed by atoms with Crippen molar-refractivity contribution in [1.82, 2.24) is 0 Å². The molecule has 1 saturated heterocycles. The van der Waals surface area contributed by atoms with Crippen molar-refractivity contribution in [2.45, 2.75) is 25.3 Å². The molecule has 6 heteroatoms. The second-order valence-corrected chi connectivity index (χ2v) is 6.57. The van der Waals surface area contributed by atoms with Gasteiger partial charge in [-0.15, -0.1) is 0 Å². The maximum atomic E-state index is 13.0. The van der Waals surface area contributed by atoms with Gasteiger partial charge in [0.05, 0.1) is 17.7 Å². The lowest BCUT2D eigenvalue weighted by molar-refractivity contribution is -0.121. The van der Waals surface area contributed by atoms with Gasteiger partial charge < -0.3 is 10.0 Å². The Morgan fingerprint density at radius 3 is 2.69 bits per heavy atom. The van der Waals surface area contributed by atoms with Crippen LogP contribution in [-0.2, 0) is 16.0 Å². The highest BCUT2D eigenvalue weighted by atomic mass is 16.4. The molecule has 1 N–H and O–H groups in total. The first-order chi connectivity index (χ1) is 12.6. The zero-order valence-corrected chi connectivity index (χ0v) is 14.1. The third kappa shape index (κ3) is 2.63. The Hall–Kier alpha value is -3.15. The van der Waals surface area contributed by atoms with Gasteiger partial charge in [0.1, 0.15) is 6.04 Å². The van der Waals surface area contributed by atoms with E-state index in [1.54, 1.807) is 12.1 Å². The summed E-state index contributed by atoms with van der Waals surface area (Å²) < 4.78 is 0. The van der Waals surface area contributed by atoms with Gasteiger partial charge in [-0.2, -0.15) is 0 Å². The number of aryl methyl sites for hydroxylation is 1. The third-order valence-electron chi connectivity index (χ3n) is 5.00. The van der Waals surface area contributed by atoms with E-state index in [0.29, 0.717) is 5.69 Å². The van der Waals surface area contributed by atoms with Crippen molar-refractivity contribution in [3.8, 4) is 0 Å². The second kappa shape index (κ2) is 6.29. The quantitative estimate of drug-likeness (QED) is 0.861. The van der Waals surface area contributed by atoms with E-state index >= 15 is 0 Å². The van der Waals surface area contributed by atoms with Gasteiger partial charge in [0.15, 0.2) is 0 Å². The maximum Gasteiger partial charge on any atom is 0.335 e. The highest BCUT2D eigenvalue weighted by Gasteiger charge is 2.43. The summed E-state index contributed by atoms with van der Waals surface area (Å²) in [6, 6.07) is 13.4. The minimum Gasteiger partial charge on any atom is -0.478 e. The molecule has 26 heavy (non-hydrogen) atoms. The van der Waals surface area contributed by atoms with Crippen LogP contribution in [-0.4, -0.2) is 35.5 Å². The van der Waals surface area contributed by atoms with E-state index in [-0.39, 0.29) is 23.8 Å². The molecule has 0 saturated carbocycles. The van der Waals surface area contributed by atoms with Crippen molar-refractivity contribution in [2.24, 2.45) is 0 Å². The van der Waals surface area contributed by atoms with Crippen LogP contribution in [0.15, 0.2) is 48.5 Å². The molecule has 1 unspecified atom stereocenters. The standard InChI is InChI=1S/C20H18N2O4/c23-18-12-17(21-10-4-7-13-5-1-2-9-16(13)21)19(24)22(18)15-8-3-6-14(11-15)20(25)26/h1-3,5-6,8-9,11,17H,4,7,10,12H2,(H,25,26). The first-order valence-electron chi connectivity index (χ1n) is 8.61. The molecule has 2 amide bonds. The molecule has 2 aliphatic heterocycles. The molecule has 2 aromatic rings. The van der Waals surface area contributed by atoms with Crippen LogP contribution in [0.4, 0.5) is 11.4 Å². The second-order valence-electron chi connectivity index (χ2n) is 6.57. The number of imide groups is 1. The largest absolute Gasteiger partial charge is 0.478 e. The Balaban J connectivity index is 1.67. The van der Waals surface area contributed by atoms with Crippen molar-refractivity contribution in [1.29, 1.82) is 0 Å². The fourth-order valence-electron chi connectivity index (χ4n) is 3.80. The number of para-hydroxylation sites is 1. The highest BCUT2D eigenvalue weighted by Crippen LogP contribution is 2.33. The van der Waals surface area contributed by atoms with Gasteiger partial charge in [-0.1, -0.05) is 24.3 Å². The summed E-state index contributed by atoms with van der Waals surface area (Å²) in [5.74, 6) is -1.69. The Bertz CT molecular complexity index is 908. The van der Waals surface area contributed by atoms with Crippen LogP contribution in [0.2, 0.25) is 0 Å². The van der Waals surface area contributed by atoms with Crippen molar-refractivity contribution in [3.63, 3.8) is 0 Å². The number of carbonyl (C=O) groups is 3. The zero-order valence-electron chi connectivity index (χ0n) is 14.1. The van der Waals surface area contributed by atoms with Crippen LogP contribution in [0.25, 0.3) is 0 Å². The zero-order chi connectivity index (χ0) is 18.3. The molecule has 4 rings (SSSR count). The molecule has 2 aromatic carbocycles. The minimum absolute atomic E-state index is 0.0508. The normalized spacial score (nSPS) is 19.6. The maximum absolute atomic E-state index is 13.0. The number of anilines is 2. The van der Waals surface area contributed by atoms with E-state index in [2.05, 4.69) is 6.07 Å². The summed E-state index contributed by atoms with van der Waals surface area (Å²) in [7, 11) is 0. The van der Waals surface area contributed by atoms with E-state index in [1.807, 2.05) is 23.1 Å². The van der Waals surface area contributed by atoms with Gasteiger partial charge >= 0.3 is 5.97 Å². The molecule has 1 atom stereocenters. The molecule has 0 bridgehead atoms. The summed E-state index contributed by atoms with van der Waals surface area (Å²) in [5.41, 5.74) is 2.55. The Kier molecular flexibility index (Phi) is 3.95. The van der Waals surface area contributed by atoms with Crippen LogP contribution in [0.5, 0.6) is 0 Å². The highest BCUT2D eigenvalue weighted by molar-refractivity contribution is 6.23. The van der Waals surface area contributed by atoms with Gasteiger partial charge in [-0.25, -0.2) is 9.69 Å². The van der Waals surface area contributed by atoms with Crippen LogP contribution < -0.4 is 9.80 Å². The topological polar surface area (TPSA) is 77.9 Å². The number of amides is 2. The molecule has 0 spiro atoms. The van der Waals surface area contributed by atoms with Crippen molar-refractivity contribution in [2.75, 3.05) is 16.3 Å². The third-order valence-corrected chi connectivity index (χ3v) is 5.00. The van der Waals surface area contributed by atoms with E-state index < -0.39 is 12.0 Å². The number of carboxylic acids is 1. The number of carbonyl (C=O) groups excluding carboxylic acids is 2. The summed E-state index contributed by atoms with van der Waals surface area (Å²) >= 11 is 0. The summed E-state index contributed by atoms with van der Waals surface area (Å²) in [6.07, 6.45) is 2.00. The number of benzene rings is 2. The molecule has 0 aliphatic carbocycles. The van der Waals surface area contributed by atoms with Gasteiger partial charge in [-0.3, -0.25) is 9.59 Å². The lowest BCUT2D eigenvalue weighted by Gasteiger charge is -2.34. The summed E-state index contributed by atoms with van der Waals surface area (Å²) in [6.45, 7) is 0.726. The number of hydrogen-bond donors (Lipinski definition) is 1. The lowest BCUT2D eigenvalue weighted by Crippen LogP contribution is -2.44.